The average molecular weight is 342 g/mol. The van der Waals surface area contributed by atoms with Gasteiger partial charge in [-0.05, 0) is 25.8 Å². The normalized spacial score (nSPS) is 24.5. The lowest BCUT2D eigenvalue weighted by atomic mass is 10.1. The van der Waals surface area contributed by atoms with Crippen molar-refractivity contribution in [1.29, 1.82) is 0 Å². The Balaban J connectivity index is 1.64. The van der Waals surface area contributed by atoms with Gasteiger partial charge in [-0.3, -0.25) is 0 Å². The predicted octanol–water partition coefficient (Wildman–Crippen LogP) is 0.205. The van der Waals surface area contributed by atoms with E-state index in [1.54, 1.807) is 6.07 Å². The first kappa shape index (κ1) is 16.6. The summed E-state index contributed by atoms with van der Waals surface area (Å²) in [6, 6.07) is 3.59. The Morgan fingerprint density at radius 3 is 2.65 bits per heavy atom. The third-order valence-electron chi connectivity index (χ3n) is 4.02. The van der Waals surface area contributed by atoms with Crippen LogP contribution in [-0.4, -0.2) is 72.7 Å². The molecule has 2 saturated heterocycles. The van der Waals surface area contributed by atoms with Crippen molar-refractivity contribution in [2.24, 2.45) is 0 Å². The fourth-order valence-electron chi connectivity index (χ4n) is 2.77. The summed E-state index contributed by atoms with van der Waals surface area (Å²) in [5.41, 5.74) is 0.817. The molecule has 0 radical (unpaired) electrons. The van der Waals surface area contributed by atoms with E-state index in [0.717, 1.165) is 18.5 Å². The van der Waals surface area contributed by atoms with Gasteiger partial charge in [-0.2, -0.15) is 22.1 Å². The van der Waals surface area contributed by atoms with Gasteiger partial charge >= 0.3 is 0 Å². The molecule has 3 heterocycles. The van der Waals surface area contributed by atoms with Gasteiger partial charge in [0.15, 0.2) is 0 Å². The van der Waals surface area contributed by atoms with Crippen molar-refractivity contribution in [1.82, 2.24) is 18.8 Å². The molecule has 8 nitrogen and oxygen atoms in total. The lowest BCUT2D eigenvalue weighted by molar-refractivity contribution is 0.0663. The molecular weight excluding hydrogens is 320 g/mol. The van der Waals surface area contributed by atoms with Crippen LogP contribution in [0.15, 0.2) is 12.1 Å². The summed E-state index contributed by atoms with van der Waals surface area (Å²) in [7, 11) is -3.45. The van der Waals surface area contributed by atoms with E-state index in [0.29, 0.717) is 45.3 Å². The first-order chi connectivity index (χ1) is 11.1. The van der Waals surface area contributed by atoms with E-state index in [9.17, 15) is 8.42 Å². The van der Waals surface area contributed by atoms with Crippen LogP contribution in [0.4, 0.5) is 0 Å². The lowest BCUT2D eigenvalue weighted by Gasteiger charge is -2.36. The van der Waals surface area contributed by atoms with E-state index in [-0.39, 0.29) is 6.10 Å². The maximum Gasteiger partial charge on any atom is 0.282 e. The van der Waals surface area contributed by atoms with Gasteiger partial charge in [0.05, 0.1) is 25.5 Å². The molecule has 0 aromatic carbocycles. The number of morpholine rings is 1. The maximum absolute atomic E-state index is 12.7. The molecule has 1 unspecified atom stereocenters. The summed E-state index contributed by atoms with van der Waals surface area (Å²) in [5.74, 6) is 0.436. The van der Waals surface area contributed by atoms with Crippen LogP contribution in [0.2, 0.25) is 0 Å². The molecule has 1 aromatic heterocycles. The Labute approximate surface area is 136 Å². The van der Waals surface area contributed by atoms with Gasteiger partial charge < -0.3 is 9.47 Å². The van der Waals surface area contributed by atoms with Crippen molar-refractivity contribution in [3.63, 3.8) is 0 Å². The molecule has 0 saturated carbocycles. The molecule has 128 valence electrons. The Hall–Kier alpha value is -1.29. The summed E-state index contributed by atoms with van der Waals surface area (Å²) in [6.07, 6.45) is 1.38. The van der Waals surface area contributed by atoms with Crippen molar-refractivity contribution < 1.29 is 17.9 Å². The number of rotatable bonds is 4. The minimum absolute atomic E-state index is 0.198. The smallest absolute Gasteiger partial charge is 0.282 e. The van der Waals surface area contributed by atoms with Crippen LogP contribution in [0, 0.1) is 6.92 Å². The third kappa shape index (κ3) is 3.97. The summed E-state index contributed by atoms with van der Waals surface area (Å²) in [5, 5.41) is 7.94. The zero-order valence-corrected chi connectivity index (χ0v) is 14.0. The molecule has 0 amide bonds. The molecule has 9 heteroatoms. The zero-order valence-electron chi connectivity index (χ0n) is 13.2. The van der Waals surface area contributed by atoms with E-state index < -0.39 is 10.2 Å². The van der Waals surface area contributed by atoms with Crippen LogP contribution >= 0.6 is 0 Å². The number of hydrogen-bond donors (Lipinski definition) is 0. The van der Waals surface area contributed by atoms with Crippen molar-refractivity contribution in [3.8, 4) is 5.88 Å². The van der Waals surface area contributed by atoms with E-state index in [4.69, 9.17) is 9.47 Å². The fraction of sp³-hybridized carbons (Fsp3) is 0.714. The van der Waals surface area contributed by atoms with Gasteiger partial charge in [0.2, 0.25) is 5.88 Å². The number of nitrogens with zero attached hydrogens (tertiary/aromatic N) is 4. The summed E-state index contributed by atoms with van der Waals surface area (Å²) in [6.45, 7) is 4.45. The molecule has 0 N–H and O–H groups in total. The molecule has 2 fully saturated rings. The molecule has 2 aliphatic rings. The van der Waals surface area contributed by atoms with Gasteiger partial charge in [0.25, 0.3) is 10.2 Å². The standard InChI is InChI=1S/C14H22N4O4S/c1-12-4-5-14(16-15-12)22-13-3-2-6-18(11-13)23(19,20)17-7-9-21-10-8-17/h4-5,13H,2-3,6-11H2,1H3. The van der Waals surface area contributed by atoms with E-state index >= 15 is 0 Å². The Bertz CT molecular complexity index is 616. The fourth-order valence-corrected chi connectivity index (χ4v) is 4.42. The Morgan fingerprint density at radius 1 is 1.17 bits per heavy atom. The zero-order chi connectivity index (χ0) is 16.3. The van der Waals surface area contributed by atoms with Crippen LogP contribution in [0.25, 0.3) is 0 Å². The molecule has 1 atom stereocenters. The summed E-state index contributed by atoms with van der Waals surface area (Å²) >= 11 is 0. The average Bonchev–Trinajstić information content (AvgIpc) is 2.58. The largest absolute Gasteiger partial charge is 0.472 e. The Morgan fingerprint density at radius 2 is 1.96 bits per heavy atom. The molecule has 0 bridgehead atoms. The topological polar surface area (TPSA) is 84.9 Å². The molecule has 23 heavy (non-hydrogen) atoms. The molecule has 2 aliphatic heterocycles. The second kappa shape index (κ2) is 7.08. The summed E-state index contributed by atoms with van der Waals surface area (Å²) < 4.78 is 39.4. The highest BCUT2D eigenvalue weighted by molar-refractivity contribution is 7.86. The van der Waals surface area contributed by atoms with Crippen molar-refractivity contribution in [2.45, 2.75) is 25.9 Å². The highest BCUT2D eigenvalue weighted by Crippen LogP contribution is 2.21. The van der Waals surface area contributed by atoms with Gasteiger partial charge in [0.1, 0.15) is 6.10 Å². The first-order valence-electron chi connectivity index (χ1n) is 7.85. The van der Waals surface area contributed by atoms with Crippen molar-refractivity contribution >= 4 is 10.2 Å². The first-order valence-corrected chi connectivity index (χ1v) is 9.25. The number of hydrogen-bond acceptors (Lipinski definition) is 6. The SMILES string of the molecule is Cc1ccc(OC2CCCN(S(=O)(=O)N3CCOCC3)C2)nn1. The van der Waals surface area contributed by atoms with Gasteiger partial charge in [-0.15, -0.1) is 5.10 Å². The van der Waals surface area contributed by atoms with Crippen LogP contribution in [0.3, 0.4) is 0 Å². The lowest BCUT2D eigenvalue weighted by Crippen LogP contribution is -2.53. The number of aryl methyl sites for hydroxylation is 1. The van der Waals surface area contributed by atoms with Crippen LogP contribution in [0.1, 0.15) is 18.5 Å². The van der Waals surface area contributed by atoms with Crippen molar-refractivity contribution in [2.75, 3.05) is 39.4 Å². The second-order valence-corrected chi connectivity index (χ2v) is 7.70. The minimum Gasteiger partial charge on any atom is -0.472 e. The van der Waals surface area contributed by atoms with Crippen molar-refractivity contribution in [3.05, 3.63) is 17.8 Å². The summed E-state index contributed by atoms with van der Waals surface area (Å²) in [4.78, 5) is 0. The number of aromatic nitrogens is 2. The van der Waals surface area contributed by atoms with E-state index in [1.165, 1.54) is 8.61 Å². The molecule has 1 aromatic rings. The Kier molecular flexibility index (Phi) is 5.10. The minimum atomic E-state index is -3.45. The second-order valence-electron chi connectivity index (χ2n) is 5.77. The molecule has 0 aliphatic carbocycles. The maximum atomic E-state index is 12.7. The van der Waals surface area contributed by atoms with Gasteiger partial charge in [-0.1, -0.05) is 0 Å². The highest BCUT2D eigenvalue weighted by Gasteiger charge is 2.35. The van der Waals surface area contributed by atoms with E-state index in [1.807, 2.05) is 13.0 Å². The number of ether oxygens (including phenoxy) is 2. The monoisotopic (exact) mass is 342 g/mol. The van der Waals surface area contributed by atoms with Crippen LogP contribution in [-0.2, 0) is 14.9 Å². The molecule has 0 spiro atoms. The third-order valence-corrected chi connectivity index (χ3v) is 6.03. The highest BCUT2D eigenvalue weighted by atomic mass is 32.2. The van der Waals surface area contributed by atoms with Crippen LogP contribution in [0.5, 0.6) is 5.88 Å². The quantitative estimate of drug-likeness (QED) is 0.777. The molecule has 3 rings (SSSR count). The van der Waals surface area contributed by atoms with Gasteiger partial charge in [-0.25, -0.2) is 0 Å². The molecular formula is C14H22N4O4S. The van der Waals surface area contributed by atoms with E-state index in [2.05, 4.69) is 10.2 Å². The van der Waals surface area contributed by atoms with Crippen LogP contribution < -0.4 is 4.74 Å². The van der Waals surface area contributed by atoms with Gasteiger partial charge in [0, 0.05) is 25.7 Å². The number of piperidine rings is 1. The predicted molar refractivity (Wildman–Crippen MR) is 83.3 cm³/mol.